The van der Waals surface area contributed by atoms with E-state index in [0.717, 1.165) is 11.1 Å². The van der Waals surface area contributed by atoms with Gasteiger partial charge in [-0.05, 0) is 23.3 Å². The molecule has 32 heavy (non-hydrogen) atoms. The van der Waals surface area contributed by atoms with Crippen molar-refractivity contribution < 1.29 is 13.9 Å². The Hall–Kier alpha value is -3.09. The van der Waals surface area contributed by atoms with Crippen molar-refractivity contribution in [1.82, 2.24) is 14.8 Å². The van der Waals surface area contributed by atoms with Gasteiger partial charge in [0.05, 0.1) is 6.61 Å². The number of morpholine rings is 1. The van der Waals surface area contributed by atoms with Gasteiger partial charge in [0.1, 0.15) is 5.82 Å². The van der Waals surface area contributed by atoms with Crippen LogP contribution < -0.4 is 0 Å². The van der Waals surface area contributed by atoms with E-state index in [9.17, 15) is 9.18 Å². The molecule has 164 valence electrons. The highest BCUT2D eigenvalue weighted by atomic mass is 19.1. The van der Waals surface area contributed by atoms with Crippen LogP contribution in [0.1, 0.15) is 22.6 Å². The summed E-state index contributed by atoms with van der Waals surface area (Å²) in [6.45, 7) is 3.04. The molecule has 2 fully saturated rings. The third-order valence-corrected chi connectivity index (χ3v) is 6.49. The van der Waals surface area contributed by atoms with Gasteiger partial charge in [0, 0.05) is 56.6 Å². The quantitative estimate of drug-likeness (QED) is 0.619. The van der Waals surface area contributed by atoms with Crippen LogP contribution in [0.5, 0.6) is 0 Å². The molecule has 2 aromatic carbocycles. The number of aromatic nitrogens is 1. The predicted octanol–water partition coefficient (Wildman–Crippen LogP) is 3.62. The van der Waals surface area contributed by atoms with Crippen molar-refractivity contribution in [3.05, 3.63) is 102 Å². The average molecular weight is 432 g/mol. The number of rotatable bonds is 5. The molecule has 0 radical (unpaired) electrons. The van der Waals surface area contributed by atoms with Crippen molar-refractivity contribution in [3.8, 4) is 0 Å². The standard InChI is InChI=1S/C26H26FN3O2/c27-24-11-5-4-9-22(24)17-29-18-23(21-10-6-12-28-15-21)26(19-29)25(31)30(13-14-32-26)16-20-7-2-1-3-8-20/h1-12,15,23H,13-14,16-19H2/t23-,26-/m0/s1. The summed E-state index contributed by atoms with van der Waals surface area (Å²) < 4.78 is 20.7. The van der Waals surface area contributed by atoms with Gasteiger partial charge in [-0.15, -0.1) is 0 Å². The van der Waals surface area contributed by atoms with Gasteiger partial charge in [-0.25, -0.2) is 4.39 Å². The van der Waals surface area contributed by atoms with Crippen LogP contribution >= 0.6 is 0 Å². The summed E-state index contributed by atoms with van der Waals surface area (Å²) in [7, 11) is 0. The maximum atomic E-state index is 14.3. The highest BCUT2D eigenvalue weighted by Gasteiger charge is 2.57. The van der Waals surface area contributed by atoms with E-state index in [0.29, 0.717) is 44.9 Å². The summed E-state index contributed by atoms with van der Waals surface area (Å²) in [5.74, 6) is -0.403. The topological polar surface area (TPSA) is 45.7 Å². The van der Waals surface area contributed by atoms with Crippen LogP contribution in [0.15, 0.2) is 79.1 Å². The molecule has 0 unspecified atom stereocenters. The second kappa shape index (κ2) is 8.81. The fourth-order valence-electron chi connectivity index (χ4n) is 4.94. The first-order valence-corrected chi connectivity index (χ1v) is 11.0. The lowest BCUT2D eigenvalue weighted by atomic mass is 9.83. The molecule has 1 amide bonds. The van der Waals surface area contributed by atoms with E-state index >= 15 is 0 Å². The number of hydrogen-bond donors (Lipinski definition) is 0. The fourth-order valence-corrected chi connectivity index (χ4v) is 4.94. The molecule has 5 rings (SSSR count). The van der Waals surface area contributed by atoms with E-state index < -0.39 is 5.60 Å². The lowest BCUT2D eigenvalue weighted by molar-refractivity contribution is -0.173. The summed E-state index contributed by atoms with van der Waals surface area (Å²) >= 11 is 0. The zero-order valence-electron chi connectivity index (χ0n) is 17.9. The Kier molecular flexibility index (Phi) is 5.72. The number of hydrogen-bond acceptors (Lipinski definition) is 4. The molecule has 2 aliphatic rings. The molecule has 0 N–H and O–H groups in total. The summed E-state index contributed by atoms with van der Waals surface area (Å²) in [5.41, 5.74) is 1.69. The first-order chi connectivity index (χ1) is 15.7. The molecule has 2 atom stereocenters. The Balaban J connectivity index is 1.45. The Morgan fingerprint density at radius 3 is 2.62 bits per heavy atom. The van der Waals surface area contributed by atoms with Crippen LogP contribution in [0.2, 0.25) is 0 Å². The maximum absolute atomic E-state index is 14.3. The molecule has 3 aromatic rings. The average Bonchev–Trinajstić information content (AvgIpc) is 3.18. The fraction of sp³-hybridized carbons (Fsp3) is 0.308. The van der Waals surface area contributed by atoms with Gasteiger partial charge in [-0.1, -0.05) is 54.6 Å². The lowest BCUT2D eigenvalue weighted by Gasteiger charge is -2.42. The molecule has 2 saturated heterocycles. The van der Waals surface area contributed by atoms with E-state index in [1.54, 1.807) is 18.3 Å². The van der Waals surface area contributed by atoms with Gasteiger partial charge < -0.3 is 9.64 Å². The Bertz CT molecular complexity index is 1080. The molecule has 1 spiro atoms. The number of halogens is 1. The van der Waals surface area contributed by atoms with Crippen LogP contribution in [-0.2, 0) is 22.6 Å². The second-order valence-corrected chi connectivity index (χ2v) is 8.55. The second-order valence-electron chi connectivity index (χ2n) is 8.55. The number of pyridine rings is 1. The van der Waals surface area contributed by atoms with E-state index in [1.807, 2.05) is 59.6 Å². The van der Waals surface area contributed by atoms with E-state index in [-0.39, 0.29) is 17.6 Å². The number of carbonyl (C=O) groups excluding carboxylic acids is 1. The van der Waals surface area contributed by atoms with Crippen molar-refractivity contribution in [1.29, 1.82) is 0 Å². The highest BCUT2D eigenvalue weighted by molar-refractivity contribution is 5.88. The van der Waals surface area contributed by atoms with Crippen molar-refractivity contribution in [2.24, 2.45) is 0 Å². The van der Waals surface area contributed by atoms with Gasteiger partial charge in [0.25, 0.3) is 5.91 Å². The number of nitrogens with zero attached hydrogens (tertiary/aromatic N) is 3. The van der Waals surface area contributed by atoms with Crippen molar-refractivity contribution in [3.63, 3.8) is 0 Å². The van der Waals surface area contributed by atoms with Crippen LogP contribution in [0, 0.1) is 5.82 Å². The highest BCUT2D eigenvalue weighted by Crippen LogP contribution is 2.42. The van der Waals surface area contributed by atoms with Crippen molar-refractivity contribution in [2.75, 3.05) is 26.2 Å². The summed E-state index contributed by atoms with van der Waals surface area (Å²) in [4.78, 5) is 22.2. The summed E-state index contributed by atoms with van der Waals surface area (Å²) in [6.07, 6.45) is 3.54. The molecule has 0 saturated carbocycles. The number of ether oxygens (including phenoxy) is 1. The van der Waals surface area contributed by atoms with Gasteiger partial charge >= 0.3 is 0 Å². The minimum Gasteiger partial charge on any atom is -0.361 e. The zero-order valence-corrected chi connectivity index (χ0v) is 17.9. The molecule has 6 heteroatoms. The smallest absolute Gasteiger partial charge is 0.257 e. The Morgan fingerprint density at radius 1 is 1.03 bits per heavy atom. The predicted molar refractivity (Wildman–Crippen MR) is 119 cm³/mol. The molecular weight excluding hydrogens is 405 g/mol. The number of benzene rings is 2. The number of amides is 1. The third kappa shape index (κ3) is 3.92. The number of carbonyl (C=O) groups is 1. The van der Waals surface area contributed by atoms with Crippen molar-refractivity contribution in [2.45, 2.75) is 24.6 Å². The van der Waals surface area contributed by atoms with Gasteiger partial charge in [-0.3, -0.25) is 14.7 Å². The largest absolute Gasteiger partial charge is 0.361 e. The monoisotopic (exact) mass is 431 g/mol. The first kappa shape index (κ1) is 20.8. The Morgan fingerprint density at radius 2 is 1.84 bits per heavy atom. The molecule has 2 aliphatic heterocycles. The normalized spacial score (nSPS) is 23.7. The summed E-state index contributed by atoms with van der Waals surface area (Å²) in [5, 5.41) is 0. The minimum atomic E-state index is -0.999. The van der Waals surface area contributed by atoms with Crippen LogP contribution in [0.25, 0.3) is 0 Å². The third-order valence-electron chi connectivity index (χ3n) is 6.49. The minimum absolute atomic E-state index is 0.00232. The lowest BCUT2D eigenvalue weighted by Crippen LogP contribution is -2.59. The van der Waals surface area contributed by atoms with Crippen LogP contribution in [0.4, 0.5) is 4.39 Å². The van der Waals surface area contributed by atoms with Crippen molar-refractivity contribution >= 4 is 5.91 Å². The zero-order chi connectivity index (χ0) is 22.0. The van der Waals surface area contributed by atoms with E-state index in [1.165, 1.54) is 6.07 Å². The molecule has 3 heterocycles. The molecule has 0 bridgehead atoms. The van der Waals surface area contributed by atoms with Crippen LogP contribution in [-0.4, -0.2) is 52.5 Å². The molecular formula is C26H26FN3O2. The molecule has 1 aromatic heterocycles. The number of likely N-dealkylation sites (tertiary alicyclic amines) is 1. The molecule has 5 nitrogen and oxygen atoms in total. The van der Waals surface area contributed by atoms with E-state index in [2.05, 4.69) is 9.88 Å². The van der Waals surface area contributed by atoms with Crippen LogP contribution in [0.3, 0.4) is 0 Å². The SMILES string of the molecule is O=C1N(Cc2ccccc2)CCO[C@]12CN(Cc1ccccc1F)C[C@H]2c1cccnc1. The molecule has 0 aliphatic carbocycles. The first-order valence-electron chi connectivity index (χ1n) is 11.0. The Labute approximate surface area is 187 Å². The van der Waals surface area contributed by atoms with Gasteiger partial charge in [-0.2, -0.15) is 0 Å². The van der Waals surface area contributed by atoms with Gasteiger partial charge in [0.15, 0.2) is 5.60 Å². The maximum Gasteiger partial charge on any atom is 0.257 e. The summed E-state index contributed by atoms with van der Waals surface area (Å²) in [6, 6.07) is 20.7. The van der Waals surface area contributed by atoms with E-state index in [4.69, 9.17) is 4.74 Å². The van der Waals surface area contributed by atoms with Gasteiger partial charge in [0.2, 0.25) is 0 Å².